The summed E-state index contributed by atoms with van der Waals surface area (Å²) >= 11 is 0. The maximum absolute atomic E-state index is 12.3. The second-order valence-electron chi connectivity index (χ2n) is 6.38. The first kappa shape index (κ1) is 18.6. The van der Waals surface area contributed by atoms with Crippen LogP contribution in [0.2, 0.25) is 6.32 Å². The molecule has 1 saturated heterocycles. The average molecular weight is 350 g/mol. The zero-order valence-electron chi connectivity index (χ0n) is 12.6. The first-order chi connectivity index (χ1) is 10.6. The first-order valence-corrected chi connectivity index (χ1v) is 8.91. The summed E-state index contributed by atoms with van der Waals surface area (Å²) in [6.07, 6.45) is 1.25. The largest absolute Gasteiger partial charge is 0.480 e. The maximum Gasteiger partial charge on any atom is 0.451 e. The van der Waals surface area contributed by atoms with Gasteiger partial charge in [-0.05, 0) is 19.2 Å². The Balaban J connectivity index is 2.05. The molecular formula is C11H23BN4O6S. The Kier molecular flexibility index (Phi) is 5.35. The van der Waals surface area contributed by atoms with Crippen LogP contribution in [0.25, 0.3) is 0 Å². The molecule has 0 amide bonds. The highest BCUT2D eigenvalue weighted by Gasteiger charge is 2.53. The molecule has 1 aliphatic heterocycles. The SMILES string of the molecule is N[C@@H]1C[C@H]1NS(=O)(=O)N1C[C@H](CCCB(O)O)[C@](N)(C(=O)O)C1. The van der Waals surface area contributed by atoms with E-state index in [0.29, 0.717) is 12.8 Å². The summed E-state index contributed by atoms with van der Waals surface area (Å²) in [5.41, 5.74) is 9.83. The van der Waals surface area contributed by atoms with Gasteiger partial charge >= 0.3 is 13.1 Å². The zero-order chi connectivity index (χ0) is 17.4. The summed E-state index contributed by atoms with van der Waals surface area (Å²) in [6.45, 7) is -0.354. The van der Waals surface area contributed by atoms with E-state index in [1.54, 1.807) is 0 Å². The Labute approximate surface area is 135 Å². The van der Waals surface area contributed by atoms with Crippen LogP contribution in [0.15, 0.2) is 0 Å². The third-order valence-electron chi connectivity index (χ3n) is 4.48. The van der Waals surface area contributed by atoms with Crippen LogP contribution in [0, 0.1) is 5.92 Å². The van der Waals surface area contributed by atoms with Gasteiger partial charge in [-0.1, -0.05) is 6.42 Å². The summed E-state index contributed by atoms with van der Waals surface area (Å²) in [5, 5.41) is 27.1. The molecule has 0 aromatic carbocycles. The molecule has 2 fully saturated rings. The van der Waals surface area contributed by atoms with Crippen molar-refractivity contribution in [2.75, 3.05) is 13.1 Å². The van der Waals surface area contributed by atoms with E-state index in [2.05, 4.69) is 4.72 Å². The zero-order valence-corrected chi connectivity index (χ0v) is 13.4. The summed E-state index contributed by atoms with van der Waals surface area (Å²) in [5.74, 6) is -1.88. The van der Waals surface area contributed by atoms with Crippen LogP contribution in [0.5, 0.6) is 0 Å². The Bertz CT molecular complexity index is 561. The van der Waals surface area contributed by atoms with Gasteiger partial charge in [0.2, 0.25) is 0 Å². The Hall–Kier alpha value is -0.755. The van der Waals surface area contributed by atoms with Gasteiger partial charge in [-0.3, -0.25) is 4.79 Å². The van der Waals surface area contributed by atoms with Gasteiger partial charge in [-0.2, -0.15) is 17.4 Å². The molecule has 132 valence electrons. The van der Waals surface area contributed by atoms with Crippen LogP contribution in [-0.2, 0) is 15.0 Å². The number of carboxylic acid groups (broad SMARTS) is 1. The standard InChI is InChI=1S/C11H23BN4O6S/c13-8-4-9(8)15-23(21,22)16-5-7(2-1-3-12(19)20)11(14,6-16)10(17)18/h7-9,15,19-20H,1-6,13-14H2,(H,17,18)/t7-,8+,9+,11-/m0/s1. The predicted molar refractivity (Wildman–Crippen MR) is 82.3 cm³/mol. The minimum absolute atomic E-state index is 0.0262. The molecule has 1 heterocycles. The molecule has 1 aliphatic carbocycles. The van der Waals surface area contributed by atoms with Gasteiger partial charge in [0.1, 0.15) is 5.54 Å². The Morgan fingerprint density at radius 3 is 2.52 bits per heavy atom. The number of hydrogen-bond donors (Lipinski definition) is 6. The molecule has 2 aliphatic rings. The van der Waals surface area contributed by atoms with Crippen molar-refractivity contribution < 1.29 is 28.4 Å². The molecule has 1 saturated carbocycles. The van der Waals surface area contributed by atoms with Gasteiger partial charge in [0, 0.05) is 31.1 Å². The monoisotopic (exact) mass is 350 g/mol. The highest BCUT2D eigenvalue weighted by atomic mass is 32.2. The normalized spacial score (nSPS) is 34.5. The van der Waals surface area contributed by atoms with E-state index in [0.717, 1.165) is 4.31 Å². The molecule has 4 atom stereocenters. The van der Waals surface area contributed by atoms with E-state index in [1.165, 1.54) is 0 Å². The number of carboxylic acids is 1. The van der Waals surface area contributed by atoms with E-state index in [1.807, 2.05) is 0 Å². The van der Waals surface area contributed by atoms with Crippen molar-refractivity contribution in [1.82, 2.24) is 9.03 Å². The molecule has 23 heavy (non-hydrogen) atoms. The van der Waals surface area contributed by atoms with Gasteiger partial charge in [-0.15, -0.1) is 0 Å². The van der Waals surface area contributed by atoms with Crippen molar-refractivity contribution in [3.05, 3.63) is 0 Å². The lowest BCUT2D eigenvalue weighted by molar-refractivity contribution is -0.144. The number of hydrogen-bond acceptors (Lipinski definition) is 7. The summed E-state index contributed by atoms with van der Waals surface area (Å²) < 4.78 is 28.1. The van der Waals surface area contributed by atoms with Crippen molar-refractivity contribution in [1.29, 1.82) is 0 Å². The highest BCUT2D eigenvalue weighted by molar-refractivity contribution is 7.87. The average Bonchev–Trinajstić information content (AvgIpc) is 2.96. The second kappa shape index (κ2) is 6.63. The lowest BCUT2D eigenvalue weighted by atomic mass is 9.78. The Morgan fingerprint density at radius 2 is 2.04 bits per heavy atom. The van der Waals surface area contributed by atoms with E-state index in [4.69, 9.17) is 21.5 Å². The smallest absolute Gasteiger partial charge is 0.451 e. The third kappa shape index (κ3) is 4.21. The maximum atomic E-state index is 12.3. The third-order valence-corrected chi connectivity index (χ3v) is 6.04. The van der Waals surface area contributed by atoms with Gasteiger partial charge in [0.25, 0.3) is 10.2 Å². The molecule has 0 aromatic rings. The number of nitrogens with zero attached hydrogens (tertiary/aromatic N) is 1. The molecule has 0 spiro atoms. The fourth-order valence-corrected chi connectivity index (χ4v) is 4.39. The molecule has 2 rings (SSSR count). The van der Waals surface area contributed by atoms with Crippen molar-refractivity contribution in [2.45, 2.75) is 43.2 Å². The minimum Gasteiger partial charge on any atom is -0.480 e. The molecule has 10 nitrogen and oxygen atoms in total. The van der Waals surface area contributed by atoms with Crippen LogP contribution in [0.3, 0.4) is 0 Å². The summed E-state index contributed by atoms with van der Waals surface area (Å²) in [6, 6.07) is -0.531. The van der Waals surface area contributed by atoms with Gasteiger partial charge in [0.05, 0.1) is 0 Å². The van der Waals surface area contributed by atoms with E-state index in [-0.39, 0.29) is 37.9 Å². The van der Waals surface area contributed by atoms with Crippen molar-refractivity contribution in [3.63, 3.8) is 0 Å². The predicted octanol–water partition coefficient (Wildman–Crippen LogP) is -3.11. The molecule has 0 bridgehead atoms. The first-order valence-electron chi connectivity index (χ1n) is 7.47. The lowest BCUT2D eigenvalue weighted by Gasteiger charge is -2.25. The van der Waals surface area contributed by atoms with Crippen LogP contribution >= 0.6 is 0 Å². The summed E-state index contributed by atoms with van der Waals surface area (Å²) in [4.78, 5) is 11.5. The number of aliphatic carboxylic acids is 1. The summed E-state index contributed by atoms with van der Waals surface area (Å²) in [7, 11) is -5.33. The number of rotatable bonds is 8. The van der Waals surface area contributed by atoms with Crippen molar-refractivity contribution >= 4 is 23.3 Å². The molecule has 0 aromatic heterocycles. The molecule has 0 radical (unpaired) electrons. The molecule has 8 N–H and O–H groups in total. The fraction of sp³-hybridized carbons (Fsp3) is 0.909. The second-order valence-corrected chi connectivity index (χ2v) is 8.08. The van der Waals surface area contributed by atoms with Crippen LogP contribution in [0.1, 0.15) is 19.3 Å². The fourth-order valence-electron chi connectivity index (χ4n) is 2.83. The van der Waals surface area contributed by atoms with E-state index < -0.39 is 34.8 Å². The highest BCUT2D eigenvalue weighted by Crippen LogP contribution is 2.32. The van der Waals surface area contributed by atoms with Crippen molar-refractivity contribution in [3.8, 4) is 0 Å². The van der Waals surface area contributed by atoms with Crippen LogP contribution in [0.4, 0.5) is 0 Å². The number of nitrogens with one attached hydrogen (secondary N) is 1. The quantitative estimate of drug-likeness (QED) is 0.249. The molecular weight excluding hydrogens is 327 g/mol. The minimum atomic E-state index is -3.85. The van der Waals surface area contributed by atoms with Gasteiger partial charge in [0.15, 0.2) is 0 Å². The molecule has 0 unspecified atom stereocenters. The number of nitrogens with two attached hydrogens (primary N) is 2. The number of carbonyl (C=O) groups is 1. The Morgan fingerprint density at radius 1 is 1.43 bits per heavy atom. The van der Waals surface area contributed by atoms with Crippen molar-refractivity contribution in [2.24, 2.45) is 17.4 Å². The lowest BCUT2D eigenvalue weighted by Crippen LogP contribution is -2.55. The van der Waals surface area contributed by atoms with Crippen LogP contribution in [-0.4, -0.2) is 71.7 Å². The molecule has 12 heteroatoms. The topological polar surface area (TPSA) is 179 Å². The van der Waals surface area contributed by atoms with E-state index in [9.17, 15) is 18.3 Å². The van der Waals surface area contributed by atoms with Gasteiger partial charge < -0.3 is 26.6 Å². The van der Waals surface area contributed by atoms with E-state index >= 15 is 0 Å². The van der Waals surface area contributed by atoms with Gasteiger partial charge in [-0.25, -0.2) is 0 Å². The van der Waals surface area contributed by atoms with Crippen LogP contribution < -0.4 is 16.2 Å².